The minimum absolute atomic E-state index is 0.382. The summed E-state index contributed by atoms with van der Waals surface area (Å²) < 4.78 is 5.53. The van der Waals surface area contributed by atoms with Crippen molar-refractivity contribution in [2.24, 2.45) is 5.92 Å². The zero-order valence-electron chi connectivity index (χ0n) is 12.1. The molecule has 2 saturated heterocycles. The van der Waals surface area contributed by atoms with Crippen LogP contribution in [0.1, 0.15) is 50.8 Å². The van der Waals surface area contributed by atoms with Crippen molar-refractivity contribution in [3.63, 3.8) is 0 Å². The minimum Gasteiger partial charge on any atom is -0.468 e. The minimum atomic E-state index is 0.382. The maximum atomic E-state index is 5.53. The van der Waals surface area contributed by atoms with Gasteiger partial charge >= 0.3 is 0 Å². The number of hydrogen-bond donors (Lipinski definition) is 1. The number of piperidine rings is 1. The summed E-state index contributed by atoms with van der Waals surface area (Å²) in [5.41, 5.74) is 0. The molecule has 1 aromatic rings. The Morgan fingerprint density at radius 1 is 1.37 bits per heavy atom. The summed E-state index contributed by atoms with van der Waals surface area (Å²) in [6.07, 6.45) is 8.42. The van der Waals surface area contributed by atoms with E-state index in [1.807, 2.05) is 6.07 Å². The van der Waals surface area contributed by atoms with E-state index in [2.05, 4.69) is 30.3 Å². The predicted octanol–water partition coefficient (Wildman–Crippen LogP) is 3.19. The fourth-order valence-corrected chi connectivity index (χ4v) is 3.94. The molecule has 19 heavy (non-hydrogen) atoms. The lowest BCUT2D eigenvalue weighted by Crippen LogP contribution is -2.42. The maximum absolute atomic E-state index is 5.53. The van der Waals surface area contributed by atoms with Gasteiger partial charge in [0.25, 0.3) is 0 Å². The molecule has 0 spiro atoms. The molecule has 0 saturated carbocycles. The van der Waals surface area contributed by atoms with E-state index in [0.29, 0.717) is 6.04 Å². The average molecular weight is 262 g/mol. The first-order chi connectivity index (χ1) is 9.28. The summed E-state index contributed by atoms with van der Waals surface area (Å²) in [5, 5.41) is 3.71. The van der Waals surface area contributed by atoms with Gasteiger partial charge in [0.15, 0.2) is 0 Å². The largest absolute Gasteiger partial charge is 0.468 e. The molecular weight excluding hydrogens is 236 g/mol. The van der Waals surface area contributed by atoms with Crippen LogP contribution in [-0.2, 0) is 0 Å². The Labute approximate surface area is 116 Å². The summed E-state index contributed by atoms with van der Waals surface area (Å²) in [6.45, 7) is 3.36. The molecule has 0 radical (unpaired) electrons. The molecule has 106 valence electrons. The second-order valence-electron chi connectivity index (χ2n) is 6.27. The number of rotatable bonds is 5. The highest BCUT2D eigenvalue weighted by Gasteiger charge is 2.38. The molecule has 3 rings (SSSR count). The van der Waals surface area contributed by atoms with Crippen LogP contribution in [-0.4, -0.2) is 30.6 Å². The molecule has 3 nitrogen and oxygen atoms in total. The van der Waals surface area contributed by atoms with Crippen molar-refractivity contribution in [2.45, 2.75) is 57.2 Å². The summed E-state index contributed by atoms with van der Waals surface area (Å²) in [4.78, 5) is 2.61. The lowest BCUT2D eigenvalue weighted by atomic mass is 9.91. The molecule has 3 heterocycles. The van der Waals surface area contributed by atoms with E-state index in [4.69, 9.17) is 4.42 Å². The highest BCUT2D eigenvalue weighted by atomic mass is 16.3. The topological polar surface area (TPSA) is 28.4 Å². The Balaban J connectivity index is 1.52. The van der Waals surface area contributed by atoms with Gasteiger partial charge in [0.05, 0.1) is 12.3 Å². The fraction of sp³-hybridized carbons (Fsp3) is 0.750. The zero-order valence-corrected chi connectivity index (χ0v) is 12.1. The SMILES string of the molecule is CCC(NCC1CC2CCC(C1)N2C)c1ccco1. The molecular formula is C16H26N2O. The highest BCUT2D eigenvalue weighted by Crippen LogP contribution is 2.37. The Kier molecular flexibility index (Phi) is 3.94. The van der Waals surface area contributed by atoms with E-state index >= 15 is 0 Å². The summed E-state index contributed by atoms with van der Waals surface area (Å²) in [6, 6.07) is 6.13. The van der Waals surface area contributed by atoms with Gasteiger partial charge in [-0.2, -0.15) is 0 Å². The van der Waals surface area contributed by atoms with Crippen molar-refractivity contribution in [3.05, 3.63) is 24.2 Å². The van der Waals surface area contributed by atoms with Crippen LogP contribution >= 0.6 is 0 Å². The van der Waals surface area contributed by atoms with Crippen LogP contribution in [0, 0.1) is 5.92 Å². The normalized spacial score (nSPS) is 32.6. The third kappa shape index (κ3) is 2.72. The molecule has 1 aromatic heterocycles. The second-order valence-corrected chi connectivity index (χ2v) is 6.27. The van der Waals surface area contributed by atoms with E-state index in [1.165, 1.54) is 25.7 Å². The van der Waals surface area contributed by atoms with Gasteiger partial charge in [0, 0.05) is 12.1 Å². The molecule has 0 aliphatic carbocycles. The van der Waals surface area contributed by atoms with Gasteiger partial charge in [-0.25, -0.2) is 0 Å². The number of hydrogen-bond acceptors (Lipinski definition) is 3. The van der Waals surface area contributed by atoms with Crippen molar-refractivity contribution in [1.29, 1.82) is 0 Å². The van der Waals surface area contributed by atoms with Crippen molar-refractivity contribution in [1.82, 2.24) is 10.2 Å². The van der Waals surface area contributed by atoms with E-state index in [9.17, 15) is 0 Å². The van der Waals surface area contributed by atoms with E-state index in [0.717, 1.165) is 36.7 Å². The van der Waals surface area contributed by atoms with Crippen molar-refractivity contribution in [3.8, 4) is 0 Å². The summed E-state index contributed by atoms with van der Waals surface area (Å²) in [5.74, 6) is 1.93. The average Bonchev–Trinajstić information content (AvgIpc) is 2.98. The van der Waals surface area contributed by atoms with E-state index in [-0.39, 0.29) is 0 Å². The van der Waals surface area contributed by atoms with Gasteiger partial charge in [0.1, 0.15) is 5.76 Å². The van der Waals surface area contributed by atoms with Crippen LogP contribution in [0.15, 0.2) is 22.8 Å². The lowest BCUT2D eigenvalue weighted by molar-refractivity contribution is 0.130. The highest BCUT2D eigenvalue weighted by molar-refractivity contribution is 5.04. The number of nitrogens with zero attached hydrogens (tertiary/aromatic N) is 1. The van der Waals surface area contributed by atoms with Crippen LogP contribution in [0.25, 0.3) is 0 Å². The third-order valence-corrected chi connectivity index (χ3v) is 5.14. The monoisotopic (exact) mass is 262 g/mol. The third-order valence-electron chi connectivity index (χ3n) is 5.14. The number of fused-ring (bicyclic) bond motifs is 2. The van der Waals surface area contributed by atoms with Crippen molar-refractivity contribution in [2.75, 3.05) is 13.6 Å². The molecule has 2 aliphatic rings. The molecule has 3 unspecified atom stereocenters. The predicted molar refractivity (Wildman–Crippen MR) is 77.0 cm³/mol. The maximum Gasteiger partial charge on any atom is 0.120 e. The standard InChI is InChI=1S/C16H26N2O/c1-3-15(16-5-4-8-19-16)17-11-12-9-13-6-7-14(10-12)18(13)2/h4-5,8,12-15,17H,3,6-7,9-11H2,1-2H3. The first kappa shape index (κ1) is 13.2. The van der Waals surface area contributed by atoms with E-state index in [1.54, 1.807) is 6.26 Å². The van der Waals surface area contributed by atoms with Crippen LogP contribution in [0.3, 0.4) is 0 Å². The van der Waals surface area contributed by atoms with Crippen molar-refractivity contribution >= 4 is 0 Å². The molecule has 3 atom stereocenters. The molecule has 3 heteroatoms. The van der Waals surface area contributed by atoms with Crippen LogP contribution < -0.4 is 5.32 Å². The molecule has 1 N–H and O–H groups in total. The lowest BCUT2D eigenvalue weighted by Gasteiger charge is -2.36. The van der Waals surface area contributed by atoms with Gasteiger partial charge in [-0.15, -0.1) is 0 Å². The Bertz CT molecular complexity index is 375. The van der Waals surface area contributed by atoms with Gasteiger partial charge in [-0.1, -0.05) is 6.92 Å². The summed E-state index contributed by atoms with van der Waals surface area (Å²) >= 11 is 0. The first-order valence-electron chi connectivity index (χ1n) is 7.76. The Morgan fingerprint density at radius 2 is 2.11 bits per heavy atom. The number of furan rings is 1. The Morgan fingerprint density at radius 3 is 2.68 bits per heavy atom. The molecule has 0 amide bonds. The van der Waals surface area contributed by atoms with Gasteiger partial charge < -0.3 is 14.6 Å². The second kappa shape index (κ2) is 5.68. The molecule has 2 aliphatic heterocycles. The van der Waals surface area contributed by atoms with Crippen molar-refractivity contribution < 1.29 is 4.42 Å². The Hall–Kier alpha value is -0.800. The van der Waals surface area contributed by atoms with E-state index < -0.39 is 0 Å². The number of nitrogens with one attached hydrogen (secondary N) is 1. The quantitative estimate of drug-likeness (QED) is 0.883. The fourth-order valence-electron chi connectivity index (χ4n) is 3.94. The van der Waals surface area contributed by atoms with Gasteiger partial charge in [-0.05, 0) is 63.7 Å². The summed E-state index contributed by atoms with van der Waals surface area (Å²) in [7, 11) is 2.31. The smallest absolute Gasteiger partial charge is 0.120 e. The van der Waals surface area contributed by atoms with Crippen LogP contribution in [0.4, 0.5) is 0 Å². The molecule has 2 fully saturated rings. The van der Waals surface area contributed by atoms with Crippen LogP contribution in [0.5, 0.6) is 0 Å². The van der Waals surface area contributed by atoms with Gasteiger partial charge in [0.2, 0.25) is 0 Å². The molecule has 2 bridgehead atoms. The van der Waals surface area contributed by atoms with Gasteiger partial charge in [-0.3, -0.25) is 0 Å². The van der Waals surface area contributed by atoms with Crippen LogP contribution in [0.2, 0.25) is 0 Å². The zero-order chi connectivity index (χ0) is 13.2. The first-order valence-corrected chi connectivity index (χ1v) is 7.76. The molecule has 0 aromatic carbocycles.